The van der Waals surface area contributed by atoms with Crippen LogP contribution in [0, 0.1) is 0 Å². The fraction of sp³-hybridized carbons (Fsp3) is 0.286. The predicted molar refractivity (Wildman–Crippen MR) is 77.2 cm³/mol. The smallest absolute Gasteiger partial charge is 0.0632 e. The molecule has 1 nitrogen and oxygen atoms in total. The van der Waals surface area contributed by atoms with E-state index < -0.39 is 0 Å². The lowest BCUT2D eigenvalue weighted by Crippen LogP contribution is -2.08. The summed E-state index contributed by atoms with van der Waals surface area (Å²) in [7, 11) is 0. The summed E-state index contributed by atoms with van der Waals surface area (Å²) in [5, 5.41) is 12.2. The first-order chi connectivity index (χ1) is 7.81. The first-order valence-corrected chi connectivity index (χ1v) is 7.04. The van der Waals surface area contributed by atoms with Crippen LogP contribution >= 0.6 is 22.6 Å². The summed E-state index contributed by atoms with van der Waals surface area (Å²) < 4.78 is 0.808. The molecule has 0 aliphatic heterocycles. The number of halogens is 1. The maximum Gasteiger partial charge on any atom is 0.0632 e. The maximum absolute atomic E-state index is 9.58. The van der Waals surface area contributed by atoms with Crippen molar-refractivity contribution in [3.63, 3.8) is 0 Å². The number of alkyl halides is 1. The van der Waals surface area contributed by atoms with Gasteiger partial charge >= 0.3 is 0 Å². The van der Waals surface area contributed by atoms with Gasteiger partial charge in [-0.05, 0) is 29.2 Å². The number of aliphatic hydroxyl groups excluding tert-OH is 1. The summed E-state index contributed by atoms with van der Waals surface area (Å²) in [5.41, 5.74) is 1.34. The van der Waals surface area contributed by atoms with Crippen molar-refractivity contribution in [2.24, 2.45) is 0 Å². The second-order valence-electron chi connectivity index (χ2n) is 3.99. The number of benzene rings is 2. The molecule has 0 bridgehead atoms. The quantitative estimate of drug-likeness (QED) is 0.673. The molecule has 1 N–H and O–H groups in total. The number of rotatable bonds is 4. The number of hydrogen-bond acceptors (Lipinski definition) is 1. The van der Waals surface area contributed by atoms with Gasteiger partial charge in [0.1, 0.15) is 0 Å². The van der Waals surface area contributed by atoms with E-state index in [9.17, 15) is 5.11 Å². The van der Waals surface area contributed by atoms with Gasteiger partial charge in [-0.2, -0.15) is 0 Å². The van der Waals surface area contributed by atoms with Gasteiger partial charge < -0.3 is 5.11 Å². The Morgan fingerprint density at radius 3 is 2.62 bits per heavy atom. The first-order valence-electron chi connectivity index (χ1n) is 5.52. The van der Waals surface area contributed by atoms with E-state index in [4.69, 9.17) is 0 Å². The summed E-state index contributed by atoms with van der Waals surface area (Å²) in [4.78, 5) is 0. The van der Waals surface area contributed by atoms with E-state index in [0.717, 1.165) is 17.3 Å². The van der Waals surface area contributed by atoms with Crippen LogP contribution in [0.4, 0.5) is 0 Å². The minimum absolute atomic E-state index is 0.181. The minimum Gasteiger partial charge on any atom is -0.392 e. The molecule has 0 aliphatic carbocycles. The highest BCUT2D eigenvalue weighted by Gasteiger charge is 2.04. The largest absolute Gasteiger partial charge is 0.392 e. The third kappa shape index (κ3) is 2.74. The van der Waals surface area contributed by atoms with Gasteiger partial charge in [-0.1, -0.05) is 65.1 Å². The highest BCUT2D eigenvalue weighted by molar-refractivity contribution is 14.1. The van der Waals surface area contributed by atoms with Crippen molar-refractivity contribution in [2.75, 3.05) is 4.43 Å². The van der Waals surface area contributed by atoms with Crippen LogP contribution in [0.25, 0.3) is 10.8 Å². The van der Waals surface area contributed by atoms with Crippen LogP contribution in [0.15, 0.2) is 42.5 Å². The minimum atomic E-state index is -0.181. The number of fused-ring (bicyclic) bond motifs is 1. The van der Waals surface area contributed by atoms with E-state index in [2.05, 4.69) is 65.1 Å². The zero-order valence-corrected chi connectivity index (χ0v) is 11.2. The molecule has 2 rings (SSSR count). The van der Waals surface area contributed by atoms with Gasteiger partial charge in [-0.25, -0.2) is 0 Å². The fourth-order valence-electron chi connectivity index (χ4n) is 1.91. The monoisotopic (exact) mass is 326 g/mol. The van der Waals surface area contributed by atoms with Crippen molar-refractivity contribution in [3.8, 4) is 0 Å². The second kappa shape index (κ2) is 5.64. The average Bonchev–Trinajstić information content (AvgIpc) is 2.35. The molecule has 0 aliphatic rings. The maximum atomic E-state index is 9.58. The summed E-state index contributed by atoms with van der Waals surface area (Å²) >= 11 is 2.22. The van der Waals surface area contributed by atoms with Gasteiger partial charge in [0.2, 0.25) is 0 Å². The third-order valence-electron chi connectivity index (χ3n) is 2.80. The molecule has 2 aromatic rings. The molecule has 0 fully saturated rings. The molecule has 2 heteroatoms. The Hall–Kier alpha value is -0.610. The van der Waals surface area contributed by atoms with E-state index in [0.29, 0.717) is 0 Å². The molecule has 0 amide bonds. The molecular weight excluding hydrogens is 311 g/mol. The van der Waals surface area contributed by atoms with E-state index >= 15 is 0 Å². The van der Waals surface area contributed by atoms with Crippen molar-refractivity contribution in [1.29, 1.82) is 0 Å². The zero-order valence-electron chi connectivity index (χ0n) is 9.07. The van der Waals surface area contributed by atoms with Crippen LogP contribution in [0.2, 0.25) is 0 Å². The van der Waals surface area contributed by atoms with E-state index in [1.54, 1.807) is 0 Å². The Morgan fingerprint density at radius 2 is 1.81 bits per heavy atom. The Morgan fingerprint density at radius 1 is 1.06 bits per heavy atom. The lowest BCUT2D eigenvalue weighted by molar-refractivity contribution is 0.192. The molecule has 0 saturated carbocycles. The van der Waals surface area contributed by atoms with E-state index in [1.165, 1.54) is 16.3 Å². The van der Waals surface area contributed by atoms with Crippen LogP contribution in [-0.4, -0.2) is 15.6 Å². The molecule has 0 heterocycles. The standard InChI is InChI=1S/C14H15IO/c15-10-13(16)9-8-12-6-3-5-11-4-1-2-7-14(11)12/h1-7,13,16H,8-10H2. The lowest BCUT2D eigenvalue weighted by Gasteiger charge is -2.09. The SMILES string of the molecule is OC(CI)CCc1cccc2ccccc12. The molecule has 0 saturated heterocycles. The molecule has 2 aromatic carbocycles. The Kier molecular flexibility index (Phi) is 4.18. The second-order valence-corrected chi connectivity index (χ2v) is 4.87. The van der Waals surface area contributed by atoms with Crippen LogP contribution in [0.5, 0.6) is 0 Å². The van der Waals surface area contributed by atoms with Crippen molar-refractivity contribution < 1.29 is 5.11 Å². The topological polar surface area (TPSA) is 20.2 Å². The molecule has 0 radical (unpaired) electrons. The van der Waals surface area contributed by atoms with Gasteiger partial charge in [-0.15, -0.1) is 0 Å². The van der Waals surface area contributed by atoms with Crippen LogP contribution < -0.4 is 0 Å². The zero-order chi connectivity index (χ0) is 11.4. The number of hydrogen-bond donors (Lipinski definition) is 1. The molecule has 1 unspecified atom stereocenters. The van der Waals surface area contributed by atoms with Crippen LogP contribution in [0.3, 0.4) is 0 Å². The highest BCUT2D eigenvalue weighted by Crippen LogP contribution is 2.20. The molecular formula is C14H15IO. The summed E-state index contributed by atoms with van der Waals surface area (Å²) in [6.07, 6.45) is 1.61. The molecule has 84 valence electrons. The van der Waals surface area contributed by atoms with Gasteiger partial charge in [0, 0.05) is 4.43 Å². The van der Waals surface area contributed by atoms with Crippen molar-refractivity contribution >= 4 is 33.4 Å². The normalized spacial score (nSPS) is 12.9. The van der Waals surface area contributed by atoms with E-state index in [-0.39, 0.29) is 6.10 Å². The van der Waals surface area contributed by atoms with E-state index in [1.807, 2.05) is 0 Å². The molecule has 16 heavy (non-hydrogen) atoms. The summed E-state index contributed by atoms with van der Waals surface area (Å²) in [6.45, 7) is 0. The van der Waals surface area contributed by atoms with Gasteiger partial charge in [0.25, 0.3) is 0 Å². The Bertz CT molecular complexity index is 462. The average molecular weight is 326 g/mol. The molecule has 0 spiro atoms. The number of aliphatic hydroxyl groups is 1. The Balaban J connectivity index is 2.23. The summed E-state index contributed by atoms with van der Waals surface area (Å²) in [5.74, 6) is 0. The Labute approximate surface area is 110 Å². The van der Waals surface area contributed by atoms with Crippen LogP contribution in [0.1, 0.15) is 12.0 Å². The van der Waals surface area contributed by atoms with Crippen molar-refractivity contribution in [1.82, 2.24) is 0 Å². The van der Waals surface area contributed by atoms with Gasteiger partial charge in [0.05, 0.1) is 6.10 Å². The first kappa shape index (κ1) is 11.9. The molecule has 0 aromatic heterocycles. The van der Waals surface area contributed by atoms with Gasteiger partial charge in [0.15, 0.2) is 0 Å². The molecule has 1 atom stereocenters. The highest BCUT2D eigenvalue weighted by atomic mass is 127. The summed E-state index contributed by atoms with van der Waals surface area (Å²) in [6, 6.07) is 14.8. The van der Waals surface area contributed by atoms with Crippen molar-refractivity contribution in [3.05, 3.63) is 48.0 Å². The van der Waals surface area contributed by atoms with Gasteiger partial charge in [-0.3, -0.25) is 0 Å². The third-order valence-corrected chi connectivity index (χ3v) is 3.82. The predicted octanol–water partition coefficient (Wildman–Crippen LogP) is 3.57. The number of aryl methyl sites for hydroxylation is 1. The van der Waals surface area contributed by atoms with Crippen molar-refractivity contribution in [2.45, 2.75) is 18.9 Å². The van der Waals surface area contributed by atoms with Crippen LogP contribution in [-0.2, 0) is 6.42 Å². The lowest BCUT2D eigenvalue weighted by atomic mass is 10.00. The fourth-order valence-corrected chi connectivity index (χ4v) is 2.35.